The maximum absolute atomic E-state index is 13.6. The molecule has 0 aliphatic carbocycles. The van der Waals surface area contributed by atoms with Crippen LogP contribution in [0.4, 0.5) is 23.2 Å². The Morgan fingerprint density at radius 1 is 1.31 bits per heavy atom. The van der Waals surface area contributed by atoms with Gasteiger partial charge in [0, 0.05) is 31.1 Å². The van der Waals surface area contributed by atoms with E-state index in [0.29, 0.717) is 0 Å². The van der Waals surface area contributed by atoms with E-state index in [4.69, 9.17) is 16.7 Å². The first kappa shape index (κ1) is 22.5. The Morgan fingerprint density at radius 3 is 2.46 bits per heavy atom. The Bertz CT molecular complexity index is 673. The van der Waals surface area contributed by atoms with E-state index in [-0.39, 0.29) is 42.6 Å². The molecule has 1 saturated heterocycles. The average Bonchev–Trinajstić information content (AvgIpc) is 2.93. The van der Waals surface area contributed by atoms with Crippen molar-refractivity contribution in [3.8, 4) is 0 Å². The second kappa shape index (κ2) is 8.88. The molecule has 1 heterocycles. The van der Waals surface area contributed by atoms with Gasteiger partial charge in [-0.15, -0.1) is 12.4 Å². The summed E-state index contributed by atoms with van der Waals surface area (Å²) in [5.41, 5.74) is -0.0904. The molecular formula is C15H16Cl2F4N2O3. The number of carboxylic acids is 1. The first-order chi connectivity index (χ1) is 11.6. The van der Waals surface area contributed by atoms with E-state index in [1.807, 2.05) is 0 Å². The molecule has 0 radical (unpaired) electrons. The zero-order valence-corrected chi connectivity index (χ0v) is 14.8. The van der Waals surface area contributed by atoms with Gasteiger partial charge >= 0.3 is 12.1 Å². The van der Waals surface area contributed by atoms with Gasteiger partial charge < -0.3 is 15.3 Å². The molecule has 11 heteroatoms. The Hall–Kier alpha value is -1.58. The van der Waals surface area contributed by atoms with Crippen LogP contribution in [0.25, 0.3) is 0 Å². The van der Waals surface area contributed by atoms with Crippen molar-refractivity contribution in [3.63, 3.8) is 0 Å². The van der Waals surface area contributed by atoms with Crippen LogP contribution in [-0.2, 0) is 9.59 Å². The van der Waals surface area contributed by atoms with E-state index in [1.165, 1.54) is 17.0 Å². The number of hydrogen-bond acceptors (Lipinski definition) is 3. The van der Waals surface area contributed by atoms with Gasteiger partial charge in [0.25, 0.3) is 0 Å². The van der Waals surface area contributed by atoms with Gasteiger partial charge in [0.05, 0.1) is 17.5 Å². The molecule has 2 atom stereocenters. The summed E-state index contributed by atoms with van der Waals surface area (Å²) in [5, 5.41) is 11.4. The molecular weight excluding hydrogens is 403 g/mol. The van der Waals surface area contributed by atoms with Crippen LogP contribution in [0.5, 0.6) is 0 Å². The van der Waals surface area contributed by atoms with Crippen molar-refractivity contribution < 1.29 is 32.3 Å². The van der Waals surface area contributed by atoms with Gasteiger partial charge in [0.15, 0.2) is 0 Å². The minimum Gasteiger partial charge on any atom is -0.481 e. The molecule has 1 amide bonds. The molecule has 2 N–H and O–H groups in total. The quantitative estimate of drug-likeness (QED) is 0.718. The summed E-state index contributed by atoms with van der Waals surface area (Å²) in [6.07, 6.45) is -4.81. The maximum Gasteiger partial charge on any atom is 0.393 e. The van der Waals surface area contributed by atoms with Gasteiger partial charge in [-0.2, -0.15) is 13.2 Å². The van der Waals surface area contributed by atoms with E-state index in [9.17, 15) is 27.2 Å². The monoisotopic (exact) mass is 418 g/mol. The lowest BCUT2D eigenvalue weighted by Crippen LogP contribution is -2.33. The molecule has 0 spiro atoms. The number of aliphatic carboxylic acids is 1. The van der Waals surface area contributed by atoms with Crippen LogP contribution in [0.3, 0.4) is 0 Å². The third kappa shape index (κ3) is 5.72. The second-order valence-electron chi connectivity index (χ2n) is 5.77. The molecule has 5 nitrogen and oxygen atoms in total. The van der Waals surface area contributed by atoms with Crippen molar-refractivity contribution in [3.05, 3.63) is 29.0 Å². The molecule has 0 unspecified atom stereocenters. The van der Waals surface area contributed by atoms with Gasteiger partial charge in [-0.3, -0.25) is 9.59 Å². The molecule has 1 aromatic carbocycles. The van der Waals surface area contributed by atoms with Gasteiger partial charge in [-0.1, -0.05) is 11.6 Å². The summed E-state index contributed by atoms with van der Waals surface area (Å²) in [7, 11) is 0. The van der Waals surface area contributed by atoms with E-state index in [2.05, 4.69) is 5.32 Å². The lowest BCUT2D eigenvalue weighted by molar-refractivity contribution is -0.188. The number of carboxylic acid groups (broad SMARTS) is 1. The number of halogens is 6. The zero-order chi connectivity index (χ0) is 18.8. The fraction of sp³-hybridized carbons (Fsp3) is 0.467. The summed E-state index contributed by atoms with van der Waals surface area (Å²) < 4.78 is 52.2. The van der Waals surface area contributed by atoms with Crippen LogP contribution in [0, 0.1) is 17.7 Å². The number of nitrogens with one attached hydrogen (secondary N) is 1. The summed E-state index contributed by atoms with van der Waals surface area (Å²) in [6, 6.07) is 3.67. The number of alkyl halides is 3. The molecule has 0 saturated carbocycles. The largest absolute Gasteiger partial charge is 0.481 e. The van der Waals surface area contributed by atoms with Gasteiger partial charge in [-0.05, 0) is 18.2 Å². The van der Waals surface area contributed by atoms with Crippen molar-refractivity contribution >= 4 is 41.6 Å². The van der Waals surface area contributed by atoms with Crippen LogP contribution in [0.15, 0.2) is 18.2 Å². The van der Waals surface area contributed by atoms with Crippen molar-refractivity contribution in [1.82, 2.24) is 4.90 Å². The number of carbonyl (C=O) groups excluding carboxylic acids is 1. The smallest absolute Gasteiger partial charge is 0.393 e. The van der Waals surface area contributed by atoms with E-state index >= 15 is 0 Å². The number of carbonyl (C=O) groups is 2. The van der Waals surface area contributed by atoms with Crippen molar-refractivity contribution in [1.29, 1.82) is 0 Å². The average molecular weight is 419 g/mol. The molecule has 1 fully saturated rings. The zero-order valence-electron chi connectivity index (χ0n) is 13.2. The highest BCUT2D eigenvalue weighted by atomic mass is 35.5. The Labute approximate surface area is 157 Å². The van der Waals surface area contributed by atoms with Gasteiger partial charge in [0.2, 0.25) is 5.91 Å². The Morgan fingerprint density at radius 2 is 1.96 bits per heavy atom. The highest BCUT2D eigenvalue weighted by molar-refractivity contribution is 6.30. The standard InChI is InChI=1S/C15H15ClF4N2O3.ClH/c16-8-1-2-12(11(17)5-8)21-13(23)3-4-22-6-9(14(24)25)10(7-22)15(18,19)20;/h1-2,5,9-10H,3-4,6-7H2,(H,21,23)(H,24,25);1H/t9-,10-;/m1./s1. The maximum atomic E-state index is 13.6. The highest BCUT2D eigenvalue weighted by Crippen LogP contribution is 2.37. The molecule has 1 aromatic rings. The predicted molar refractivity (Wildman–Crippen MR) is 89.0 cm³/mol. The number of amides is 1. The lowest BCUT2D eigenvalue weighted by Gasteiger charge is -2.18. The molecule has 0 bridgehead atoms. The number of anilines is 1. The summed E-state index contributed by atoms with van der Waals surface area (Å²) in [6.45, 7) is -0.831. The highest BCUT2D eigenvalue weighted by Gasteiger charge is 2.52. The van der Waals surface area contributed by atoms with Crippen LogP contribution < -0.4 is 5.32 Å². The second-order valence-corrected chi connectivity index (χ2v) is 6.21. The fourth-order valence-electron chi connectivity index (χ4n) is 2.71. The number of benzene rings is 1. The van der Waals surface area contributed by atoms with E-state index in [1.54, 1.807) is 0 Å². The minimum atomic E-state index is -4.62. The molecule has 2 rings (SSSR count). The number of hydrogen-bond donors (Lipinski definition) is 2. The molecule has 26 heavy (non-hydrogen) atoms. The third-order valence-corrected chi connectivity index (χ3v) is 4.23. The van der Waals surface area contributed by atoms with Crippen LogP contribution >= 0.6 is 24.0 Å². The van der Waals surface area contributed by atoms with Crippen LogP contribution in [-0.4, -0.2) is 47.7 Å². The lowest BCUT2D eigenvalue weighted by atomic mass is 9.96. The topological polar surface area (TPSA) is 69.6 Å². The number of likely N-dealkylation sites (tertiary alicyclic amines) is 1. The van der Waals surface area contributed by atoms with E-state index < -0.39 is 42.3 Å². The molecule has 1 aliphatic heterocycles. The predicted octanol–water partition coefficient (Wildman–Crippen LogP) is 3.42. The summed E-state index contributed by atoms with van der Waals surface area (Å²) >= 11 is 5.59. The van der Waals surface area contributed by atoms with E-state index in [0.717, 1.165) is 6.07 Å². The normalized spacial score (nSPS) is 20.5. The number of nitrogens with zero attached hydrogens (tertiary/aromatic N) is 1. The molecule has 1 aliphatic rings. The van der Waals surface area contributed by atoms with Gasteiger partial charge in [0.1, 0.15) is 5.82 Å². The van der Waals surface area contributed by atoms with Crippen LogP contribution in [0.2, 0.25) is 5.02 Å². The molecule has 0 aromatic heterocycles. The summed E-state index contributed by atoms with van der Waals surface area (Å²) in [5.74, 6) is -6.37. The van der Waals surface area contributed by atoms with Crippen molar-refractivity contribution in [2.75, 3.05) is 25.0 Å². The van der Waals surface area contributed by atoms with Crippen molar-refractivity contribution in [2.45, 2.75) is 12.6 Å². The van der Waals surface area contributed by atoms with Crippen LogP contribution in [0.1, 0.15) is 6.42 Å². The Balaban J connectivity index is 0.00000338. The Kier molecular flexibility index (Phi) is 7.67. The van der Waals surface area contributed by atoms with Gasteiger partial charge in [-0.25, -0.2) is 4.39 Å². The molecule has 146 valence electrons. The first-order valence-corrected chi connectivity index (χ1v) is 7.72. The third-order valence-electron chi connectivity index (χ3n) is 3.99. The summed E-state index contributed by atoms with van der Waals surface area (Å²) in [4.78, 5) is 24.1. The fourth-order valence-corrected chi connectivity index (χ4v) is 2.87. The van der Waals surface area contributed by atoms with Crippen molar-refractivity contribution in [2.24, 2.45) is 11.8 Å². The SMILES string of the molecule is Cl.O=C(CCN1C[C@@H](C(F)(F)F)[C@H](C(=O)O)C1)Nc1ccc(Cl)cc1F. The number of rotatable bonds is 5. The first-order valence-electron chi connectivity index (χ1n) is 7.34. The minimum absolute atomic E-state index is 0.